The third-order valence-electron chi connectivity index (χ3n) is 5.43. The number of rotatable bonds is 5. The minimum absolute atomic E-state index is 0.112. The van der Waals surface area contributed by atoms with Crippen LogP contribution in [0.4, 0.5) is 5.00 Å². The molecular formula is C21H24N4O2S. The number of hydrogen-bond donors (Lipinski definition) is 2. The lowest BCUT2D eigenvalue weighted by molar-refractivity contribution is -0.116. The van der Waals surface area contributed by atoms with Crippen LogP contribution in [0.2, 0.25) is 0 Å². The zero-order chi connectivity index (χ0) is 19.8. The molecule has 146 valence electrons. The van der Waals surface area contributed by atoms with Crippen molar-refractivity contribution in [2.75, 3.05) is 5.32 Å². The normalized spacial score (nSPS) is 16.1. The molecule has 0 saturated heterocycles. The molecule has 0 radical (unpaired) electrons. The van der Waals surface area contributed by atoms with Crippen LogP contribution in [0.15, 0.2) is 24.4 Å². The van der Waals surface area contributed by atoms with Crippen LogP contribution in [-0.4, -0.2) is 21.2 Å². The standard InChI is InChI=1S/C21H24N4O2S/c1-12-6-7-14-16(11-12)28-21(19(14)20(22)27)24-18(26)9-8-15-13(2)23-17-5-3-4-10-25(15)17/h3-5,10,12H,6-9,11H2,1-2H3,(H2,22,27)(H,24,26). The van der Waals surface area contributed by atoms with Gasteiger partial charge in [-0.15, -0.1) is 11.3 Å². The van der Waals surface area contributed by atoms with Crippen molar-refractivity contribution in [3.05, 3.63) is 51.8 Å². The third-order valence-corrected chi connectivity index (χ3v) is 6.60. The number of carbonyl (C=O) groups is 2. The van der Waals surface area contributed by atoms with Gasteiger partial charge in [0, 0.05) is 23.2 Å². The second-order valence-corrected chi connectivity index (χ2v) is 8.65. The average molecular weight is 397 g/mol. The minimum atomic E-state index is -0.458. The molecule has 1 aliphatic rings. The number of carbonyl (C=O) groups excluding carboxylic acids is 2. The third kappa shape index (κ3) is 3.42. The van der Waals surface area contributed by atoms with Gasteiger partial charge in [0.25, 0.3) is 5.91 Å². The number of nitrogens with two attached hydrogens (primary N) is 1. The second-order valence-electron chi connectivity index (χ2n) is 7.54. The maximum Gasteiger partial charge on any atom is 0.251 e. The fraction of sp³-hybridized carbons (Fsp3) is 0.381. The molecule has 0 bridgehead atoms. The number of nitrogens with zero attached hydrogens (tertiary/aromatic N) is 2. The van der Waals surface area contributed by atoms with Crippen LogP contribution in [0.25, 0.3) is 5.65 Å². The summed E-state index contributed by atoms with van der Waals surface area (Å²) in [5, 5.41) is 3.55. The van der Waals surface area contributed by atoms with E-state index < -0.39 is 5.91 Å². The highest BCUT2D eigenvalue weighted by molar-refractivity contribution is 7.17. The van der Waals surface area contributed by atoms with E-state index >= 15 is 0 Å². The molecule has 6 nitrogen and oxygen atoms in total. The molecule has 4 rings (SSSR count). The van der Waals surface area contributed by atoms with Gasteiger partial charge in [0.15, 0.2) is 0 Å². The number of fused-ring (bicyclic) bond motifs is 2. The predicted molar refractivity (Wildman–Crippen MR) is 111 cm³/mol. The fourth-order valence-corrected chi connectivity index (χ4v) is 5.42. The molecule has 3 heterocycles. The van der Waals surface area contributed by atoms with E-state index in [2.05, 4.69) is 17.2 Å². The first-order valence-corrected chi connectivity index (χ1v) is 10.4. The molecule has 1 atom stereocenters. The van der Waals surface area contributed by atoms with Gasteiger partial charge in [-0.25, -0.2) is 4.98 Å². The van der Waals surface area contributed by atoms with Gasteiger partial charge in [0.2, 0.25) is 5.91 Å². The molecule has 1 unspecified atom stereocenters. The number of anilines is 1. The van der Waals surface area contributed by atoms with Gasteiger partial charge < -0.3 is 15.5 Å². The predicted octanol–water partition coefficient (Wildman–Crippen LogP) is 3.50. The minimum Gasteiger partial charge on any atom is -0.365 e. The molecule has 2 amide bonds. The Bertz CT molecular complexity index is 1070. The molecule has 28 heavy (non-hydrogen) atoms. The van der Waals surface area contributed by atoms with Gasteiger partial charge in [-0.2, -0.15) is 0 Å². The van der Waals surface area contributed by atoms with Gasteiger partial charge in [-0.1, -0.05) is 13.0 Å². The Hall–Kier alpha value is -2.67. The van der Waals surface area contributed by atoms with E-state index in [0.717, 1.165) is 41.9 Å². The molecule has 0 aromatic carbocycles. The number of imidazole rings is 1. The molecule has 0 fully saturated rings. The Balaban J connectivity index is 1.51. The van der Waals surface area contributed by atoms with E-state index in [1.807, 2.05) is 35.7 Å². The zero-order valence-corrected chi connectivity index (χ0v) is 16.9. The zero-order valence-electron chi connectivity index (χ0n) is 16.1. The SMILES string of the molecule is Cc1nc2ccccn2c1CCC(=O)Nc1sc2c(c1C(N)=O)CCC(C)C2. The number of primary amides is 1. The second kappa shape index (κ2) is 7.39. The number of nitrogens with one attached hydrogen (secondary N) is 1. The Labute approximate surface area is 167 Å². The van der Waals surface area contributed by atoms with Gasteiger partial charge >= 0.3 is 0 Å². The maximum atomic E-state index is 12.6. The first-order chi connectivity index (χ1) is 13.4. The molecule has 1 aliphatic carbocycles. The quantitative estimate of drug-likeness (QED) is 0.692. The summed E-state index contributed by atoms with van der Waals surface area (Å²) in [4.78, 5) is 30.4. The summed E-state index contributed by atoms with van der Waals surface area (Å²) in [7, 11) is 0. The van der Waals surface area contributed by atoms with Crippen LogP contribution >= 0.6 is 11.3 Å². The lowest BCUT2D eigenvalue weighted by Gasteiger charge is -2.18. The molecular weight excluding hydrogens is 372 g/mol. The summed E-state index contributed by atoms with van der Waals surface area (Å²) < 4.78 is 2.02. The fourth-order valence-electron chi connectivity index (χ4n) is 3.99. The van der Waals surface area contributed by atoms with Crippen molar-refractivity contribution in [1.82, 2.24) is 9.38 Å². The lowest BCUT2D eigenvalue weighted by Crippen LogP contribution is -2.19. The number of aromatic nitrogens is 2. The van der Waals surface area contributed by atoms with Crippen LogP contribution in [0.1, 0.15) is 52.0 Å². The molecule has 3 N–H and O–H groups in total. The monoisotopic (exact) mass is 396 g/mol. The highest BCUT2D eigenvalue weighted by Gasteiger charge is 2.27. The summed E-state index contributed by atoms with van der Waals surface area (Å²) in [5.41, 5.74) is 10.0. The van der Waals surface area contributed by atoms with E-state index in [1.54, 1.807) is 0 Å². The van der Waals surface area contributed by atoms with Gasteiger partial charge in [-0.3, -0.25) is 9.59 Å². The lowest BCUT2D eigenvalue weighted by atomic mass is 9.88. The maximum absolute atomic E-state index is 12.6. The summed E-state index contributed by atoms with van der Waals surface area (Å²) in [6, 6.07) is 5.85. The highest BCUT2D eigenvalue weighted by atomic mass is 32.1. The van der Waals surface area contributed by atoms with Crippen LogP contribution in [0.3, 0.4) is 0 Å². The van der Waals surface area contributed by atoms with E-state index in [9.17, 15) is 9.59 Å². The summed E-state index contributed by atoms with van der Waals surface area (Å²) in [6.07, 6.45) is 5.70. The molecule has 0 spiro atoms. The summed E-state index contributed by atoms with van der Waals surface area (Å²) in [6.45, 7) is 4.17. The van der Waals surface area contributed by atoms with Crippen LogP contribution in [-0.2, 0) is 24.1 Å². The van der Waals surface area contributed by atoms with E-state index in [1.165, 1.54) is 16.2 Å². The van der Waals surface area contributed by atoms with Crippen molar-refractivity contribution in [1.29, 1.82) is 0 Å². The summed E-state index contributed by atoms with van der Waals surface area (Å²) >= 11 is 1.50. The van der Waals surface area contributed by atoms with Gasteiger partial charge in [0.05, 0.1) is 11.3 Å². The van der Waals surface area contributed by atoms with Crippen molar-refractivity contribution < 1.29 is 9.59 Å². The van der Waals surface area contributed by atoms with Crippen molar-refractivity contribution in [3.8, 4) is 0 Å². The Kier molecular flexibility index (Phi) is 4.93. The van der Waals surface area contributed by atoms with Crippen LogP contribution in [0, 0.1) is 12.8 Å². The number of pyridine rings is 1. The Morgan fingerprint density at radius 3 is 3.00 bits per heavy atom. The number of thiophene rings is 1. The van der Waals surface area contributed by atoms with E-state index in [-0.39, 0.29) is 5.91 Å². The van der Waals surface area contributed by atoms with Gasteiger partial charge in [-0.05, 0) is 56.2 Å². The number of amides is 2. The average Bonchev–Trinajstić information content (AvgIpc) is 3.15. The van der Waals surface area contributed by atoms with Crippen molar-refractivity contribution >= 4 is 33.8 Å². The molecule has 0 aliphatic heterocycles. The molecule has 3 aromatic heterocycles. The highest BCUT2D eigenvalue weighted by Crippen LogP contribution is 2.39. The number of hydrogen-bond acceptors (Lipinski definition) is 4. The summed E-state index contributed by atoms with van der Waals surface area (Å²) in [5.74, 6) is 0.0213. The largest absolute Gasteiger partial charge is 0.365 e. The smallest absolute Gasteiger partial charge is 0.251 e. The van der Waals surface area contributed by atoms with Crippen LogP contribution < -0.4 is 11.1 Å². The number of aryl methyl sites for hydroxylation is 2. The molecule has 7 heteroatoms. The van der Waals surface area contributed by atoms with E-state index in [4.69, 9.17) is 5.73 Å². The van der Waals surface area contributed by atoms with E-state index in [0.29, 0.717) is 29.3 Å². The first-order valence-electron chi connectivity index (χ1n) is 9.60. The topological polar surface area (TPSA) is 89.5 Å². The van der Waals surface area contributed by atoms with Gasteiger partial charge in [0.1, 0.15) is 10.6 Å². The molecule has 3 aromatic rings. The first kappa shape index (κ1) is 18.7. The Morgan fingerprint density at radius 2 is 2.21 bits per heavy atom. The van der Waals surface area contributed by atoms with Crippen molar-refractivity contribution in [3.63, 3.8) is 0 Å². The van der Waals surface area contributed by atoms with Crippen molar-refractivity contribution in [2.24, 2.45) is 11.7 Å². The molecule has 0 saturated carbocycles. The Morgan fingerprint density at radius 1 is 1.39 bits per heavy atom. The van der Waals surface area contributed by atoms with Crippen LogP contribution in [0.5, 0.6) is 0 Å². The van der Waals surface area contributed by atoms with Crippen molar-refractivity contribution in [2.45, 2.75) is 46.0 Å².